The van der Waals surface area contributed by atoms with E-state index in [9.17, 15) is 0 Å². The third kappa shape index (κ3) is 1.01. The maximum Gasteiger partial charge on any atom is 0.192 e. The Morgan fingerprint density at radius 2 is 2.40 bits per heavy atom. The molecule has 50 valence electrons. The zero-order valence-corrected chi connectivity index (χ0v) is 7.89. The van der Waals surface area contributed by atoms with Crippen LogP contribution < -0.4 is 0 Å². The molecule has 0 saturated carbocycles. The van der Waals surface area contributed by atoms with Gasteiger partial charge < -0.3 is 0 Å². The largest absolute Gasteiger partial charge is 0.231 e. The van der Waals surface area contributed by atoms with Crippen molar-refractivity contribution in [3.8, 4) is 0 Å². The number of fused-ring (bicyclic) bond motifs is 1. The molecule has 0 spiro atoms. The van der Waals surface area contributed by atoms with Crippen LogP contribution in [0.25, 0.3) is 10.2 Å². The molecule has 0 amide bonds. The van der Waals surface area contributed by atoms with Gasteiger partial charge in [-0.05, 0) is 11.4 Å². The van der Waals surface area contributed by atoms with Crippen molar-refractivity contribution in [3.63, 3.8) is 0 Å². The average molecular weight is 262 g/mol. The molecular formula is C6H3IN2S. The summed E-state index contributed by atoms with van der Waals surface area (Å²) < 4.78 is 0.813. The van der Waals surface area contributed by atoms with E-state index in [0.29, 0.717) is 0 Å². The van der Waals surface area contributed by atoms with Crippen molar-refractivity contribution in [1.29, 1.82) is 0 Å². The van der Waals surface area contributed by atoms with E-state index >= 15 is 0 Å². The Kier molecular flexibility index (Phi) is 1.57. The molecule has 2 rings (SSSR count). The second-order valence-corrected chi connectivity index (χ2v) is 3.68. The number of aromatic nitrogens is 2. The van der Waals surface area contributed by atoms with Crippen LogP contribution in [0, 0.1) is 3.83 Å². The number of hydrogen-bond donors (Lipinski definition) is 0. The molecule has 2 heterocycles. The molecule has 0 aliphatic rings. The van der Waals surface area contributed by atoms with Crippen LogP contribution in [0.15, 0.2) is 17.6 Å². The lowest BCUT2D eigenvalue weighted by Crippen LogP contribution is -1.82. The topological polar surface area (TPSA) is 25.8 Å². The standard InChI is InChI=1S/C6H3IN2S/c7-6-8-3-4-1-2-10-5(4)9-6/h1-3H. The predicted octanol–water partition coefficient (Wildman–Crippen LogP) is 2.30. The summed E-state index contributed by atoms with van der Waals surface area (Å²) in [5.41, 5.74) is 0. The second kappa shape index (κ2) is 2.43. The van der Waals surface area contributed by atoms with E-state index in [-0.39, 0.29) is 0 Å². The quantitative estimate of drug-likeness (QED) is 0.537. The highest BCUT2D eigenvalue weighted by atomic mass is 127. The summed E-state index contributed by atoms with van der Waals surface area (Å²) in [7, 11) is 0. The summed E-state index contributed by atoms with van der Waals surface area (Å²) in [6, 6.07) is 2.02. The Morgan fingerprint density at radius 3 is 3.30 bits per heavy atom. The molecule has 0 aromatic carbocycles. The van der Waals surface area contributed by atoms with E-state index in [4.69, 9.17) is 0 Å². The molecular weight excluding hydrogens is 259 g/mol. The van der Waals surface area contributed by atoms with Gasteiger partial charge in [0.15, 0.2) is 3.83 Å². The predicted molar refractivity (Wildman–Crippen MR) is 50.1 cm³/mol. The Morgan fingerprint density at radius 1 is 1.50 bits per heavy atom. The molecule has 2 nitrogen and oxygen atoms in total. The highest BCUT2D eigenvalue weighted by molar-refractivity contribution is 14.1. The summed E-state index contributed by atoms with van der Waals surface area (Å²) in [6.07, 6.45) is 1.85. The van der Waals surface area contributed by atoms with Crippen molar-refractivity contribution in [2.75, 3.05) is 0 Å². The number of nitrogens with zero attached hydrogens (tertiary/aromatic N) is 2. The summed E-state index contributed by atoms with van der Waals surface area (Å²) in [5, 5.41) is 3.15. The smallest absolute Gasteiger partial charge is 0.192 e. The first kappa shape index (κ1) is 6.48. The minimum atomic E-state index is 0.813. The highest BCUT2D eigenvalue weighted by Crippen LogP contribution is 2.17. The average Bonchev–Trinajstić information content (AvgIpc) is 2.33. The maximum absolute atomic E-state index is 4.23. The van der Waals surface area contributed by atoms with Gasteiger partial charge >= 0.3 is 0 Å². The molecule has 0 aliphatic heterocycles. The molecule has 0 saturated heterocycles. The number of halogens is 1. The van der Waals surface area contributed by atoms with Gasteiger partial charge in [0.2, 0.25) is 0 Å². The first-order valence-electron chi connectivity index (χ1n) is 2.72. The van der Waals surface area contributed by atoms with Crippen molar-refractivity contribution < 1.29 is 0 Å². The van der Waals surface area contributed by atoms with E-state index in [1.54, 1.807) is 11.3 Å². The summed E-state index contributed by atoms with van der Waals surface area (Å²) in [6.45, 7) is 0. The Balaban J connectivity index is 2.86. The van der Waals surface area contributed by atoms with Gasteiger partial charge in [0, 0.05) is 34.2 Å². The summed E-state index contributed by atoms with van der Waals surface area (Å²) in [4.78, 5) is 9.36. The van der Waals surface area contributed by atoms with Gasteiger partial charge in [-0.25, -0.2) is 9.97 Å². The lowest BCUT2D eigenvalue weighted by molar-refractivity contribution is 1.16. The zero-order chi connectivity index (χ0) is 6.97. The van der Waals surface area contributed by atoms with Crippen LogP contribution in [-0.2, 0) is 0 Å². The van der Waals surface area contributed by atoms with Crippen LogP contribution in [0.4, 0.5) is 0 Å². The highest BCUT2D eigenvalue weighted by Gasteiger charge is 1.95. The van der Waals surface area contributed by atoms with E-state index in [0.717, 1.165) is 14.0 Å². The minimum absolute atomic E-state index is 0.813. The lowest BCUT2D eigenvalue weighted by Gasteiger charge is -1.86. The fraction of sp³-hybridized carbons (Fsp3) is 0. The van der Waals surface area contributed by atoms with E-state index in [1.165, 1.54) is 0 Å². The SMILES string of the molecule is Ic1ncc2ccsc2n1. The van der Waals surface area contributed by atoms with Gasteiger partial charge in [-0.15, -0.1) is 11.3 Å². The lowest BCUT2D eigenvalue weighted by atomic mass is 10.4. The molecule has 0 fully saturated rings. The van der Waals surface area contributed by atoms with Gasteiger partial charge in [-0.2, -0.15) is 0 Å². The van der Waals surface area contributed by atoms with Gasteiger partial charge in [-0.3, -0.25) is 0 Å². The first-order chi connectivity index (χ1) is 4.86. The van der Waals surface area contributed by atoms with Gasteiger partial charge in [0.1, 0.15) is 4.83 Å². The molecule has 0 aliphatic carbocycles. The van der Waals surface area contributed by atoms with Crippen LogP contribution >= 0.6 is 33.9 Å². The summed E-state index contributed by atoms with van der Waals surface area (Å²) >= 11 is 3.76. The van der Waals surface area contributed by atoms with Gasteiger partial charge in [0.05, 0.1) is 0 Å². The molecule has 2 aromatic heterocycles. The zero-order valence-electron chi connectivity index (χ0n) is 4.91. The molecule has 2 aromatic rings. The van der Waals surface area contributed by atoms with Gasteiger partial charge in [0.25, 0.3) is 0 Å². The Hall–Kier alpha value is -0.230. The molecule has 10 heavy (non-hydrogen) atoms. The van der Waals surface area contributed by atoms with E-state index in [1.807, 2.05) is 17.6 Å². The van der Waals surface area contributed by atoms with Crippen molar-refractivity contribution in [2.45, 2.75) is 0 Å². The van der Waals surface area contributed by atoms with Crippen molar-refractivity contribution in [3.05, 3.63) is 21.5 Å². The fourth-order valence-corrected chi connectivity index (χ4v) is 2.02. The molecule has 0 atom stereocenters. The van der Waals surface area contributed by atoms with Crippen LogP contribution in [0.1, 0.15) is 0 Å². The van der Waals surface area contributed by atoms with Crippen LogP contribution in [0.2, 0.25) is 0 Å². The second-order valence-electron chi connectivity index (χ2n) is 1.82. The number of rotatable bonds is 0. The van der Waals surface area contributed by atoms with Crippen LogP contribution in [0.5, 0.6) is 0 Å². The first-order valence-corrected chi connectivity index (χ1v) is 4.68. The number of hydrogen-bond acceptors (Lipinski definition) is 3. The van der Waals surface area contributed by atoms with Crippen LogP contribution in [0.3, 0.4) is 0 Å². The Bertz CT molecular complexity index is 357. The fourth-order valence-electron chi connectivity index (χ4n) is 0.736. The van der Waals surface area contributed by atoms with Crippen molar-refractivity contribution >= 4 is 44.1 Å². The molecule has 0 bridgehead atoms. The van der Waals surface area contributed by atoms with E-state index in [2.05, 4.69) is 32.6 Å². The van der Waals surface area contributed by atoms with Gasteiger partial charge in [-0.1, -0.05) is 0 Å². The molecule has 0 unspecified atom stereocenters. The molecule has 0 N–H and O–H groups in total. The third-order valence-corrected chi connectivity index (χ3v) is 2.52. The van der Waals surface area contributed by atoms with Crippen LogP contribution in [-0.4, -0.2) is 9.97 Å². The summed E-state index contributed by atoms with van der Waals surface area (Å²) in [5.74, 6) is 0. The molecule has 0 radical (unpaired) electrons. The third-order valence-electron chi connectivity index (χ3n) is 1.18. The number of thiophene rings is 1. The van der Waals surface area contributed by atoms with E-state index < -0.39 is 0 Å². The monoisotopic (exact) mass is 262 g/mol. The van der Waals surface area contributed by atoms with Crippen molar-refractivity contribution in [2.24, 2.45) is 0 Å². The Labute approximate surface area is 75.5 Å². The van der Waals surface area contributed by atoms with Crippen molar-refractivity contribution in [1.82, 2.24) is 9.97 Å². The maximum atomic E-state index is 4.23. The minimum Gasteiger partial charge on any atom is -0.231 e. The molecule has 4 heteroatoms. The normalized spacial score (nSPS) is 10.5.